The third kappa shape index (κ3) is 4.49. The standard InChI is InChI=1S/C13H16F2N2O3/c1-7(5-10(18)19)6-16-13(20)17-12-9(14)4-3-8(2)11(12)15/h3-4,7H,5-6H2,1-2H3,(H,18,19)(H2,16,17,20). The number of carboxylic acid groups (broad SMARTS) is 1. The summed E-state index contributed by atoms with van der Waals surface area (Å²) in [5, 5.41) is 13.0. The monoisotopic (exact) mass is 286 g/mol. The number of hydrogen-bond acceptors (Lipinski definition) is 2. The van der Waals surface area contributed by atoms with Crippen molar-refractivity contribution in [2.45, 2.75) is 20.3 Å². The van der Waals surface area contributed by atoms with Crippen LogP contribution in [0.5, 0.6) is 0 Å². The first kappa shape index (κ1) is 15.9. The second-order valence-corrected chi connectivity index (χ2v) is 4.59. The summed E-state index contributed by atoms with van der Waals surface area (Å²) in [6.07, 6.45) is -0.104. The van der Waals surface area contributed by atoms with Gasteiger partial charge in [-0.2, -0.15) is 0 Å². The van der Waals surface area contributed by atoms with Crippen LogP contribution in [0.25, 0.3) is 0 Å². The lowest BCUT2D eigenvalue weighted by molar-refractivity contribution is -0.137. The molecule has 0 bridgehead atoms. The number of aryl methyl sites for hydroxylation is 1. The summed E-state index contributed by atoms with van der Waals surface area (Å²) in [5.41, 5.74) is -0.311. The molecular weight excluding hydrogens is 270 g/mol. The maximum atomic E-state index is 13.6. The summed E-state index contributed by atoms with van der Waals surface area (Å²) < 4.78 is 27.0. The van der Waals surface area contributed by atoms with Gasteiger partial charge in [-0.15, -0.1) is 0 Å². The molecule has 7 heteroatoms. The molecule has 1 aromatic carbocycles. The van der Waals surface area contributed by atoms with E-state index < -0.39 is 29.3 Å². The lowest BCUT2D eigenvalue weighted by Gasteiger charge is -2.13. The number of aliphatic carboxylic acids is 1. The molecule has 1 rings (SSSR count). The second kappa shape index (κ2) is 6.83. The molecule has 0 fully saturated rings. The van der Waals surface area contributed by atoms with Crippen molar-refractivity contribution >= 4 is 17.7 Å². The summed E-state index contributed by atoms with van der Waals surface area (Å²) in [5.74, 6) is -2.97. The van der Waals surface area contributed by atoms with Crippen molar-refractivity contribution in [3.8, 4) is 0 Å². The molecule has 0 heterocycles. The average Bonchev–Trinajstić information content (AvgIpc) is 2.36. The molecule has 0 saturated heterocycles. The van der Waals surface area contributed by atoms with Gasteiger partial charge in [-0.3, -0.25) is 4.79 Å². The third-order valence-corrected chi connectivity index (χ3v) is 2.66. The summed E-state index contributed by atoms with van der Waals surface area (Å²) in [4.78, 5) is 22.0. The fourth-order valence-electron chi connectivity index (χ4n) is 1.57. The lowest BCUT2D eigenvalue weighted by Crippen LogP contribution is -2.33. The second-order valence-electron chi connectivity index (χ2n) is 4.59. The van der Waals surface area contributed by atoms with Crippen LogP contribution in [0.1, 0.15) is 18.9 Å². The predicted molar refractivity (Wildman–Crippen MR) is 69.5 cm³/mol. The van der Waals surface area contributed by atoms with Crippen LogP contribution in [-0.2, 0) is 4.79 Å². The van der Waals surface area contributed by atoms with Crippen LogP contribution in [0.2, 0.25) is 0 Å². The van der Waals surface area contributed by atoms with Gasteiger partial charge < -0.3 is 15.7 Å². The van der Waals surface area contributed by atoms with E-state index in [-0.39, 0.29) is 24.4 Å². The van der Waals surface area contributed by atoms with E-state index in [0.29, 0.717) is 0 Å². The van der Waals surface area contributed by atoms with Gasteiger partial charge in [0.15, 0.2) is 5.82 Å². The first-order valence-corrected chi connectivity index (χ1v) is 6.02. The van der Waals surface area contributed by atoms with E-state index >= 15 is 0 Å². The topological polar surface area (TPSA) is 78.4 Å². The van der Waals surface area contributed by atoms with E-state index in [0.717, 1.165) is 6.07 Å². The number of carboxylic acids is 1. The quantitative estimate of drug-likeness (QED) is 0.778. The highest BCUT2D eigenvalue weighted by Gasteiger charge is 2.15. The summed E-state index contributed by atoms with van der Waals surface area (Å²) in [6.45, 7) is 3.18. The molecule has 2 amide bonds. The SMILES string of the molecule is Cc1ccc(F)c(NC(=O)NCC(C)CC(=O)O)c1F. The van der Waals surface area contributed by atoms with Gasteiger partial charge in [-0.05, 0) is 24.5 Å². The average molecular weight is 286 g/mol. The maximum Gasteiger partial charge on any atom is 0.319 e. The smallest absolute Gasteiger partial charge is 0.319 e. The summed E-state index contributed by atoms with van der Waals surface area (Å²) in [6, 6.07) is 1.54. The molecule has 1 aromatic rings. The van der Waals surface area contributed by atoms with Gasteiger partial charge in [-0.1, -0.05) is 13.0 Å². The van der Waals surface area contributed by atoms with Gasteiger partial charge in [0.05, 0.1) is 0 Å². The van der Waals surface area contributed by atoms with Crippen LogP contribution in [0.15, 0.2) is 12.1 Å². The number of rotatable bonds is 5. The summed E-state index contributed by atoms with van der Waals surface area (Å²) >= 11 is 0. The highest BCUT2D eigenvalue weighted by molar-refractivity contribution is 5.89. The Balaban J connectivity index is 2.59. The van der Waals surface area contributed by atoms with E-state index in [2.05, 4.69) is 10.6 Å². The number of urea groups is 1. The Kier molecular flexibility index (Phi) is 5.42. The number of carbonyl (C=O) groups excluding carboxylic acids is 1. The van der Waals surface area contributed by atoms with Gasteiger partial charge in [0, 0.05) is 13.0 Å². The normalized spacial score (nSPS) is 11.8. The highest BCUT2D eigenvalue weighted by Crippen LogP contribution is 2.21. The number of amides is 2. The van der Waals surface area contributed by atoms with Crippen LogP contribution in [0.4, 0.5) is 19.3 Å². The molecule has 0 aliphatic heterocycles. The molecule has 110 valence electrons. The predicted octanol–water partition coefficient (Wildman–Crippen LogP) is 2.51. The van der Waals surface area contributed by atoms with Crippen LogP contribution in [0.3, 0.4) is 0 Å². The number of halogens is 2. The molecule has 0 aliphatic carbocycles. The van der Waals surface area contributed by atoms with E-state index in [1.54, 1.807) is 6.92 Å². The fourth-order valence-corrected chi connectivity index (χ4v) is 1.57. The molecule has 1 atom stereocenters. The molecule has 0 saturated carbocycles. The van der Waals surface area contributed by atoms with Crippen molar-refractivity contribution < 1.29 is 23.5 Å². The number of benzene rings is 1. The lowest BCUT2D eigenvalue weighted by atomic mass is 10.1. The Labute approximate surface area is 115 Å². The van der Waals surface area contributed by atoms with Crippen molar-refractivity contribution in [1.29, 1.82) is 0 Å². The molecule has 0 radical (unpaired) electrons. The molecule has 1 unspecified atom stereocenters. The molecule has 0 aliphatic rings. The summed E-state index contributed by atoms with van der Waals surface area (Å²) in [7, 11) is 0. The Morgan fingerprint density at radius 2 is 2.00 bits per heavy atom. The maximum absolute atomic E-state index is 13.6. The highest BCUT2D eigenvalue weighted by atomic mass is 19.1. The molecule has 0 aromatic heterocycles. The van der Waals surface area contributed by atoms with Gasteiger partial charge in [-0.25, -0.2) is 13.6 Å². The van der Waals surface area contributed by atoms with Crippen molar-refractivity contribution in [1.82, 2.24) is 5.32 Å². The van der Waals surface area contributed by atoms with Gasteiger partial charge >= 0.3 is 12.0 Å². The minimum absolute atomic E-state index is 0.0905. The Hall–Kier alpha value is -2.18. The molecule has 20 heavy (non-hydrogen) atoms. The van der Waals surface area contributed by atoms with Crippen LogP contribution < -0.4 is 10.6 Å². The zero-order valence-corrected chi connectivity index (χ0v) is 11.2. The Bertz CT molecular complexity index is 521. The van der Waals surface area contributed by atoms with Crippen LogP contribution >= 0.6 is 0 Å². The molecule has 5 nitrogen and oxygen atoms in total. The van der Waals surface area contributed by atoms with E-state index in [4.69, 9.17) is 5.11 Å². The number of hydrogen-bond donors (Lipinski definition) is 3. The van der Waals surface area contributed by atoms with Crippen LogP contribution in [-0.4, -0.2) is 23.7 Å². The van der Waals surface area contributed by atoms with E-state index in [1.807, 2.05) is 0 Å². The van der Waals surface area contributed by atoms with E-state index in [9.17, 15) is 18.4 Å². The number of anilines is 1. The van der Waals surface area contributed by atoms with Gasteiger partial charge in [0.25, 0.3) is 0 Å². The third-order valence-electron chi connectivity index (χ3n) is 2.66. The fraction of sp³-hybridized carbons (Fsp3) is 0.385. The first-order valence-electron chi connectivity index (χ1n) is 6.02. The van der Waals surface area contributed by atoms with Crippen molar-refractivity contribution in [2.75, 3.05) is 11.9 Å². The van der Waals surface area contributed by atoms with Crippen molar-refractivity contribution in [2.24, 2.45) is 5.92 Å². The first-order chi connectivity index (χ1) is 9.31. The molecule has 3 N–H and O–H groups in total. The van der Waals surface area contributed by atoms with Crippen LogP contribution in [0, 0.1) is 24.5 Å². The van der Waals surface area contributed by atoms with Crippen molar-refractivity contribution in [3.63, 3.8) is 0 Å². The molecule has 0 spiro atoms. The minimum atomic E-state index is -0.976. The Morgan fingerprint density at radius 1 is 1.35 bits per heavy atom. The largest absolute Gasteiger partial charge is 0.481 e. The van der Waals surface area contributed by atoms with E-state index in [1.165, 1.54) is 13.0 Å². The molecular formula is C13H16F2N2O3. The Morgan fingerprint density at radius 3 is 2.60 bits per heavy atom. The van der Waals surface area contributed by atoms with Gasteiger partial charge in [0.1, 0.15) is 11.5 Å². The zero-order chi connectivity index (χ0) is 15.3. The van der Waals surface area contributed by atoms with Gasteiger partial charge in [0.2, 0.25) is 0 Å². The zero-order valence-electron chi connectivity index (χ0n) is 11.2. The number of nitrogens with one attached hydrogen (secondary N) is 2. The van der Waals surface area contributed by atoms with Crippen molar-refractivity contribution in [3.05, 3.63) is 29.3 Å². The number of carbonyl (C=O) groups is 2. The minimum Gasteiger partial charge on any atom is -0.481 e.